The van der Waals surface area contributed by atoms with Gasteiger partial charge in [-0.15, -0.1) is 0 Å². The van der Waals surface area contributed by atoms with Gasteiger partial charge in [0.05, 0.1) is 6.04 Å². The molecule has 0 bridgehead atoms. The van der Waals surface area contributed by atoms with Gasteiger partial charge in [0, 0.05) is 25.5 Å². The van der Waals surface area contributed by atoms with Crippen molar-refractivity contribution >= 4 is 50.5 Å². The SMILES string of the molecule is CCCNC(c1cscc1Br)c1c(Cl)cccc1Cl. The summed E-state index contributed by atoms with van der Waals surface area (Å²) < 4.78 is 1.09. The molecule has 0 aliphatic heterocycles. The van der Waals surface area contributed by atoms with Gasteiger partial charge in [-0.05, 0) is 52.0 Å². The maximum Gasteiger partial charge on any atom is 0.0625 e. The minimum atomic E-state index is 0.0155. The van der Waals surface area contributed by atoms with Gasteiger partial charge in [0.25, 0.3) is 0 Å². The molecule has 1 aromatic heterocycles. The molecule has 102 valence electrons. The van der Waals surface area contributed by atoms with Crippen LogP contribution in [0, 0.1) is 0 Å². The van der Waals surface area contributed by atoms with Crippen molar-refractivity contribution in [3.05, 3.63) is 54.6 Å². The van der Waals surface area contributed by atoms with Gasteiger partial charge in [0.1, 0.15) is 0 Å². The van der Waals surface area contributed by atoms with Crippen molar-refractivity contribution in [2.45, 2.75) is 19.4 Å². The van der Waals surface area contributed by atoms with E-state index in [2.05, 4.69) is 38.9 Å². The lowest BCUT2D eigenvalue weighted by Crippen LogP contribution is -2.23. The summed E-state index contributed by atoms with van der Waals surface area (Å²) in [5.74, 6) is 0. The summed E-state index contributed by atoms with van der Waals surface area (Å²) in [6.07, 6.45) is 1.06. The van der Waals surface area contributed by atoms with E-state index in [1.807, 2.05) is 18.2 Å². The van der Waals surface area contributed by atoms with Gasteiger partial charge < -0.3 is 5.32 Å². The Kier molecular flexibility index (Phi) is 5.72. The smallest absolute Gasteiger partial charge is 0.0625 e. The fraction of sp³-hybridized carbons (Fsp3) is 0.286. The first kappa shape index (κ1) is 15.3. The van der Waals surface area contributed by atoms with Crippen molar-refractivity contribution < 1.29 is 0 Å². The average Bonchev–Trinajstić information content (AvgIpc) is 2.79. The lowest BCUT2D eigenvalue weighted by molar-refractivity contribution is 0.598. The normalized spacial score (nSPS) is 12.6. The molecule has 0 radical (unpaired) electrons. The van der Waals surface area contributed by atoms with E-state index in [0.29, 0.717) is 10.0 Å². The third-order valence-electron chi connectivity index (χ3n) is 2.84. The van der Waals surface area contributed by atoms with Crippen LogP contribution < -0.4 is 5.32 Å². The molecule has 0 saturated carbocycles. The highest BCUT2D eigenvalue weighted by atomic mass is 79.9. The van der Waals surface area contributed by atoms with Crippen molar-refractivity contribution in [3.63, 3.8) is 0 Å². The number of thiophene rings is 1. The molecule has 0 aliphatic rings. The third-order valence-corrected chi connectivity index (χ3v) is 5.25. The third kappa shape index (κ3) is 3.53. The highest BCUT2D eigenvalue weighted by molar-refractivity contribution is 9.10. The molecule has 1 atom stereocenters. The van der Waals surface area contributed by atoms with Gasteiger partial charge in [0.15, 0.2) is 0 Å². The minimum absolute atomic E-state index is 0.0155. The molecular formula is C14H14BrCl2NS. The molecule has 1 unspecified atom stereocenters. The lowest BCUT2D eigenvalue weighted by atomic mass is 10.0. The molecule has 5 heteroatoms. The number of rotatable bonds is 5. The van der Waals surface area contributed by atoms with Crippen LogP contribution in [0.2, 0.25) is 10.0 Å². The van der Waals surface area contributed by atoms with E-state index in [9.17, 15) is 0 Å². The van der Waals surface area contributed by atoms with Crippen LogP contribution in [0.3, 0.4) is 0 Å². The lowest BCUT2D eigenvalue weighted by Gasteiger charge is -2.21. The number of nitrogens with one attached hydrogen (secondary N) is 1. The van der Waals surface area contributed by atoms with Crippen LogP contribution in [-0.4, -0.2) is 6.54 Å². The van der Waals surface area contributed by atoms with E-state index < -0.39 is 0 Å². The van der Waals surface area contributed by atoms with E-state index in [1.165, 1.54) is 5.56 Å². The van der Waals surface area contributed by atoms with E-state index in [0.717, 1.165) is 23.0 Å². The molecule has 0 fully saturated rings. The predicted octanol–water partition coefficient (Wildman–Crippen LogP) is 5.91. The Hall–Kier alpha value is -0.0600. The summed E-state index contributed by atoms with van der Waals surface area (Å²) in [7, 11) is 0. The van der Waals surface area contributed by atoms with Crippen molar-refractivity contribution in [2.24, 2.45) is 0 Å². The van der Waals surface area contributed by atoms with Crippen molar-refractivity contribution in [1.29, 1.82) is 0 Å². The molecule has 1 aromatic carbocycles. The second-order valence-corrected chi connectivity index (χ2v) is 6.61. The quantitative estimate of drug-likeness (QED) is 0.682. The first-order valence-corrected chi connectivity index (χ1v) is 8.53. The van der Waals surface area contributed by atoms with Crippen molar-refractivity contribution in [1.82, 2.24) is 5.32 Å². The van der Waals surface area contributed by atoms with Gasteiger partial charge in [0.2, 0.25) is 0 Å². The van der Waals surface area contributed by atoms with Crippen LogP contribution in [0.15, 0.2) is 33.4 Å². The van der Waals surface area contributed by atoms with E-state index in [4.69, 9.17) is 23.2 Å². The molecule has 0 aliphatic carbocycles. The summed E-state index contributed by atoms with van der Waals surface area (Å²) in [5.41, 5.74) is 2.12. The molecule has 19 heavy (non-hydrogen) atoms. The first-order valence-electron chi connectivity index (χ1n) is 6.04. The first-order chi connectivity index (χ1) is 9.15. The zero-order valence-electron chi connectivity index (χ0n) is 10.4. The maximum absolute atomic E-state index is 6.34. The Labute approximate surface area is 136 Å². The average molecular weight is 379 g/mol. The second kappa shape index (κ2) is 7.09. The molecule has 1 nitrogen and oxygen atoms in total. The Bertz CT molecular complexity index is 536. The van der Waals surface area contributed by atoms with Crippen LogP contribution in [0.1, 0.15) is 30.5 Å². The van der Waals surface area contributed by atoms with Crippen LogP contribution >= 0.6 is 50.5 Å². The van der Waals surface area contributed by atoms with Gasteiger partial charge in [-0.1, -0.05) is 36.2 Å². The molecule has 2 rings (SSSR count). The Balaban J connectivity index is 2.46. The summed E-state index contributed by atoms with van der Waals surface area (Å²) >= 11 is 17.9. The topological polar surface area (TPSA) is 12.0 Å². The van der Waals surface area contributed by atoms with E-state index in [1.54, 1.807) is 11.3 Å². The maximum atomic E-state index is 6.34. The molecular weight excluding hydrogens is 365 g/mol. The molecule has 2 aromatic rings. The number of hydrogen-bond acceptors (Lipinski definition) is 2. The molecule has 0 spiro atoms. The minimum Gasteiger partial charge on any atom is -0.306 e. The number of halogens is 3. The van der Waals surface area contributed by atoms with Crippen LogP contribution in [-0.2, 0) is 0 Å². The Morgan fingerprint density at radius 3 is 2.47 bits per heavy atom. The molecule has 0 saturated heterocycles. The number of hydrogen-bond donors (Lipinski definition) is 1. The zero-order chi connectivity index (χ0) is 13.8. The largest absolute Gasteiger partial charge is 0.306 e. The highest BCUT2D eigenvalue weighted by Gasteiger charge is 2.21. The fourth-order valence-corrected chi connectivity index (χ4v) is 4.11. The van der Waals surface area contributed by atoms with Crippen molar-refractivity contribution in [2.75, 3.05) is 6.54 Å². The summed E-state index contributed by atoms with van der Waals surface area (Å²) in [5, 5.41) is 9.10. The van der Waals surface area contributed by atoms with Crippen LogP contribution in [0.5, 0.6) is 0 Å². The Morgan fingerprint density at radius 1 is 1.26 bits per heavy atom. The second-order valence-electron chi connectivity index (χ2n) is 4.20. The Morgan fingerprint density at radius 2 is 1.95 bits per heavy atom. The van der Waals surface area contributed by atoms with Gasteiger partial charge >= 0.3 is 0 Å². The summed E-state index contributed by atoms with van der Waals surface area (Å²) in [6, 6.07) is 5.64. The predicted molar refractivity (Wildman–Crippen MR) is 88.6 cm³/mol. The van der Waals surface area contributed by atoms with Crippen molar-refractivity contribution in [3.8, 4) is 0 Å². The zero-order valence-corrected chi connectivity index (χ0v) is 14.3. The van der Waals surface area contributed by atoms with Gasteiger partial charge in [-0.3, -0.25) is 0 Å². The van der Waals surface area contributed by atoms with Crippen LogP contribution in [0.4, 0.5) is 0 Å². The molecule has 1 N–H and O–H groups in total. The summed E-state index contributed by atoms with van der Waals surface area (Å²) in [6.45, 7) is 3.05. The standard InChI is InChI=1S/C14H14BrCl2NS/c1-2-6-18-14(9-7-19-8-10(9)15)13-11(16)4-3-5-12(13)17/h3-5,7-8,14,18H,2,6H2,1H3. The summed E-state index contributed by atoms with van der Waals surface area (Å²) in [4.78, 5) is 0. The highest BCUT2D eigenvalue weighted by Crippen LogP contribution is 2.38. The van der Waals surface area contributed by atoms with E-state index in [-0.39, 0.29) is 6.04 Å². The van der Waals surface area contributed by atoms with E-state index >= 15 is 0 Å². The van der Waals surface area contributed by atoms with Gasteiger partial charge in [-0.2, -0.15) is 11.3 Å². The number of benzene rings is 1. The molecule has 1 heterocycles. The fourth-order valence-electron chi connectivity index (χ4n) is 1.94. The van der Waals surface area contributed by atoms with Gasteiger partial charge in [-0.25, -0.2) is 0 Å². The molecule has 0 amide bonds. The van der Waals surface area contributed by atoms with Crippen LogP contribution in [0.25, 0.3) is 0 Å². The monoisotopic (exact) mass is 377 g/mol.